The van der Waals surface area contributed by atoms with E-state index >= 15 is 0 Å². The fourth-order valence-corrected chi connectivity index (χ4v) is 4.89. The van der Waals surface area contributed by atoms with E-state index in [1.165, 1.54) is 13.8 Å². The predicted octanol–water partition coefficient (Wildman–Crippen LogP) is 7.96. The fraction of sp³-hybridized carbons (Fsp3) is 0.500. The molecule has 11 heteroatoms. The van der Waals surface area contributed by atoms with Crippen LogP contribution in [0.2, 0.25) is 0 Å². The molecule has 7 nitrogen and oxygen atoms in total. The maximum Gasteiger partial charge on any atom is 0.391 e. The predicted molar refractivity (Wildman–Crippen MR) is 153 cm³/mol. The molecule has 1 aromatic heterocycles. The second kappa shape index (κ2) is 12.7. The number of halogens is 4. The molecule has 2 aromatic carbocycles. The smallest absolute Gasteiger partial charge is 0.391 e. The van der Waals surface area contributed by atoms with Gasteiger partial charge in [0.25, 0.3) is 5.89 Å². The highest BCUT2D eigenvalue weighted by atomic mass is 19.4. The van der Waals surface area contributed by atoms with Crippen LogP contribution in [0.15, 0.2) is 53.1 Å². The van der Waals surface area contributed by atoms with Gasteiger partial charge in [-0.1, -0.05) is 35.8 Å². The number of nitrogens with zero attached hydrogens (tertiary/aromatic N) is 4. The van der Waals surface area contributed by atoms with Crippen molar-refractivity contribution >= 4 is 11.6 Å². The van der Waals surface area contributed by atoms with Gasteiger partial charge in [-0.15, -0.1) is 0 Å². The summed E-state index contributed by atoms with van der Waals surface area (Å²) in [4.78, 5) is 19.2. The van der Waals surface area contributed by atoms with Crippen molar-refractivity contribution in [2.24, 2.45) is 11.8 Å². The second-order valence-corrected chi connectivity index (χ2v) is 12.0. The van der Waals surface area contributed by atoms with Gasteiger partial charge in [-0.2, -0.15) is 23.4 Å². The summed E-state index contributed by atoms with van der Waals surface area (Å²) in [5.74, 6) is -1.58. The third-order valence-electron chi connectivity index (χ3n) is 7.46. The number of carbonyl (C=O) groups excluding carboxylic acids is 1. The minimum Gasteiger partial charge on any atom is -0.473 e. The van der Waals surface area contributed by atoms with Crippen molar-refractivity contribution in [2.45, 2.75) is 83.7 Å². The lowest BCUT2D eigenvalue weighted by atomic mass is 9.73. The Kier molecular flexibility index (Phi) is 9.47. The summed E-state index contributed by atoms with van der Waals surface area (Å²) in [5.41, 5.74) is -0.413. The van der Waals surface area contributed by atoms with Crippen molar-refractivity contribution in [1.82, 2.24) is 10.1 Å². The minimum absolute atomic E-state index is 0.0787. The Morgan fingerprint density at radius 2 is 1.72 bits per heavy atom. The molecule has 0 spiro atoms. The first-order chi connectivity index (χ1) is 20.2. The molecule has 0 bridgehead atoms. The Morgan fingerprint density at radius 3 is 2.33 bits per heavy atom. The van der Waals surface area contributed by atoms with E-state index in [1.54, 1.807) is 36.9 Å². The Hall–Kier alpha value is -3.94. The van der Waals surface area contributed by atoms with Crippen molar-refractivity contribution in [3.8, 4) is 22.9 Å². The van der Waals surface area contributed by atoms with Crippen molar-refractivity contribution in [2.75, 3.05) is 11.4 Å². The monoisotopic (exact) mass is 600 g/mol. The van der Waals surface area contributed by atoms with Gasteiger partial charge < -0.3 is 14.2 Å². The summed E-state index contributed by atoms with van der Waals surface area (Å²) < 4.78 is 64.1. The standard InChI is InChI=1S/C32H36F4N4O3/c1-30(2,20-37)42-26-14-12-21(13-15-26)22-9-8-10-25(19-22)40(28(41)23-17-24(18-23)32(34,35)36)16-7-5-6-11-27-38-29(43-39-27)31(3,4)33/h8-10,12-15,19,23-24H,5-7,11,16-18H2,1-4H3/t23-,24-. The third kappa shape index (κ3) is 8.33. The van der Waals surface area contributed by atoms with Gasteiger partial charge >= 0.3 is 6.18 Å². The molecule has 0 N–H and O–H groups in total. The highest BCUT2D eigenvalue weighted by molar-refractivity contribution is 5.96. The first-order valence-electron chi connectivity index (χ1n) is 14.4. The van der Waals surface area contributed by atoms with Crippen LogP contribution in [0.4, 0.5) is 23.2 Å². The molecule has 4 rings (SSSR count). The summed E-state index contributed by atoms with van der Waals surface area (Å²) in [7, 11) is 0. The van der Waals surface area contributed by atoms with E-state index < -0.39 is 29.3 Å². The molecule has 230 valence electrons. The van der Waals surface area contributed by atoms with E-state index in [1.807, 2.05) is 30.3 Å². The van der Waals surface area contributed by atoms with E-state index in [4.69, 9.17) is 9.26 Å². The summed E-state index contributed by atoms with van der Waals surface area (Å²) in [6.45, 7) is 6.35. The van der Waals surface area contributed by atoms with E-state index in [2.05, 4.69) is 16.2 Å². The Labute approximate surface area is 248 Å². The Balaban J connectivity index is 1.45. The van der Waals surface area contributed by atoms with E-state index in [-0.39, 0.29) is 24.6 Å². The van der Waals surface area contributed by atoms with Crippen LogP contribution in [-0.2, 0) is 16.9 Å². The number of nitriles is 1. The lowest BCUT2D eigenvalue weighted by molar-refractivity contribution is -0.204. The molecule has 0 aliphatic heterocycles. The van der Waals surface area contributed by atoms with Crippen LogP contribution < -0.4 is 9.64 Å². The molecule has 1 fully saturated rings. The van der Waals surface area contributed by atoms with E-state index in [0.29, 0.717) is 49.5 Å². The van der Waals surface area contributed by atoms with Crippen LogP contribution in [-0.4, -0.2) is 34.4 Å². The number of aryl methyl sites for hydroxylation is 1. The quantitative estimate of drug-likeness (QED) is 0.155. The summed E-state index contributed by atoms with van der Waals surface area (Å²) in [5, 5.41) is 13.0. The van der Waals surface area contributed by atoms with Crippen LogP contribution in [0.1, 0.15) is 71.5 Å². The Morgan fingerprint density at radius 1 is 1.02 bits per heavy atom. The molecule has 1 saturated carbocycles. The van der Waals surface area contributed by atoms with Gasteiger partial charge in [0.05, 0.1) is 5.92 Å². The van der Waals surface area contributed by atoms with Crippen LogP contribution in [0.3, 0.4) is 0 Å². The van der Waals surface area contributed by atoms with Gasteiger partial charge in [0.15, 0.2) is 17.1 Å². The van der Waals surface area contributed by atoms with Crippen LogP contribution in [0, 0.1) is 23.2 Å². The summed E-state index contributed by atoms with van der Waals surface area (Å²) >= 11 is 0. The van der Waals surface area contributed by atoms with Crippen LogP contribution >= 0.6 is 0 Å². The third-order valence-corrected chi connectivity index (χ3v) is 7.46. The zero-order valence-corrected chi connectivity index (χ0v) is 24.7. The minimum atomic E-state index is -4.30. The maximum absolute atomic E-state index is 14.0. The number of alkyl halides is 4. The number of anilines is 1. The van der Waals surface area contributed by atoms with Crippen molar-refractivity contribution in [3.63, 3.8) is 0 Å². The zero-order chi connectivity index (χ0) is 31.4. The van der Waals surface area contributed by atoms with Gasteiger partial charge in [-0.25, -0.2) is 4.39 Å². The highest BCUT2D eigenvalue weighted by Crippen LogP contribution is 2.46. The molecule has 43 heavy (non-hydrogen) atoms. The second-order valence-electron chi connectivity index (χ2n) is 12.0. The lowest BCUT2D eigenvalue weighted by Crippen LogP contribution is -2.46. The SMILES string of the molecule is CC(C)(C#N)Oc1ccc(-c2cccc(N(CCCCCc3noc(C(C)(C)F)n3)C(=O)[C@H]3C[C@H](C(F)(F)F)C3)c2)cc1. The van der Waals surface area contributed by atoms with Gasteiger partial charge in [0, 0.05) is 24.6 Å². The van der Waals surface area contributed by atoms with E-state index in [9.17, 15) is 27.6 Å². The first-order valence-corrected chi connectivity index (χ1v) is 14.4. The van der Waals surface area contributed by atoms with Gasteiger partial charge in [0.1, 0.15) is 11.8 Å². The lowest BCUT2D eigenvalue weighted by Gasteiger charge is -2.38. The Bertz CT molecular complexity index is 1430. The van der Waals surface area contributed by atoms with Crippen molar-refractivity contribution in [3.05, 3.63) is 60.2 Å². The number of aromatic nitrogens is 2. The van der Waals surface area contributed by atoms with E-state index in [0.717, 1.165) is 11.1 Å². The van der Waals surface area contributed by atoms with Crippen LogP contribution in [0.5, 0.6) is 5.75 Å². The summed E-state index contributed by atoms with van der Waals surface area (Å²) in [6.07, 6.45) is -2.26. The largest absolute Gasteiger partial charge is 0.473 e. The fourth-order valence-electron chi connectivity index (χ4n) is 4.89. The average molecular weight is 601 g/mol. The molecule has 3 aromatic rings. The van der Waals surface area contributed by atoms with Crippen molar-refractivity contribution < 1.29 is 31.6 Å². The molecule has 0 unspecified atom stereocenters. The highest BCUT2D eigenvalue weighted by Gasteiger charge is 2.50. The molecule has 1 aliphatic rings. The molecule has 0 saturated heterocycles. The van der Waals surface area contributed by atoms with Crippen molar-refractivity contribution in [1.29, 1.82) is 5.26 Å². The summed E-state index contributed by atoms with van der Waals surface area (Å²) in [6, 6.07) is 16.7. The number of carbonyl (C=O) groups is 1. The molecule has 1 heterocycles. The molecule has 0 radical (unpaired) electrons. The number of unbranched alkanes of at least 4 members (excludes halogenated alkanes) is 2. The number of hydrogen-bond donors (Lipinski definition) is 0. The number of rotatable bonds is 12. The molecule has 0 atom stereocenters. The number of amides is 1. The molecular weight excluding hydrogens is 564 g/mol. The topological polar surface area (TPSA) is 92.2 Å². The van der Waals surface area contributed by atoms with Gasteiger partial charge in [-0.05, 0) is 88.8 Å². The average Bonchev–Trinajstić information content (AvgIpc) is 3.39. The maximum atomic E-state index is 14.0. The van der Waals surface area contributed by atoms with Gasteiger partial charge in [0.2, 0.25) is 5.91 Å². The normalized spacial score (nSPS) is 17.2. The number of benzene rings is 2. The molecule has 1 aliphatic carbocycles. The van der Waals surface area contributed by atoms with Gasteiger partial charge in [-0.3, -0.25) is 4.79 Å². The molecule has 1 amide bonds. The van der Waals surface area contributed by atoms with Crippen LogP contribution in [0.25, 0.3) is 11.1 Å². The number of hydrogen-bond acceptors (Lipinski definition) is 6. The first kappa shape index (κ1) is 32.0. The number of ether oxygens (including phenoxy) is 1. The molecular formula is C32H36F4N4O3. The zero-order valence-electron chi connectivity index (χ0n) is 24.7.